The number of aryl methyl sites for hydroxylation is 1. The fourth-order valence-electron chi connectivity index (χ4n) is 2.68. The molecule has 0 aromatic carbocycles. The van der Waals surface area contributed by atoms with Gasteiger partial charge >= 0.3 is 0 Å². The fraction of sp³-hybridized carbons (Fsp3) is 0.692. The van der Waals surface area contributed by atoms with Crippen molar-refractivity contribution >= 4 is 21.4 Å². The first-order valence-corrected chi connectivity index (χ1v) is 9.09. The van der Waals surface area contributed by atoms with Gasteiger partial charge in [-0.25, -0.2) is 8.42 Å². The third kappa shape index (κ3) is 2.86. The summed E-state index contributed by atoms with van der Waals surface area (Å²) in [4.78, 5) is 1.23. The van der Waals surface area contributed by atoms with Gasteiger partial charge in [0.25, 0.3) is 0 Å². The number of hydrogen-bond acceptors (Lipinski definition) is 4. The lowest BCUT2D eigenvalue weighted by atomic mass is 9.97. The lowest BCUT2D eigenvalue weighted by Gasteiger charge is -2.31. The van der Waals surface area contributed by atoms with Gasteiger partial charge in [-0.05, 0) is 36.6 Å². The molecule has 108 valence electrons. The molecule has 0 bridgehead atoms. The van der Waals surface area contributed by atoms with Crippen LogP contribution < -0.4 is 5.73 Å². The van der Waals surface area contributed by atoms with E-state index in [1.54, 1.807) is 4.31 Å². The van der Waals surface area contributed by atoms with Gasteiger partial charge in [0.15, 0.2) is 0 Å². The Balaban J connectivity index is 2.34. The summed E-state index contributed by atoms with van der Waals surface area (Å²) in [7, 11) is -3.37. The van der Waals surface area contributed by atoms with E-state index in [0.717, 1.165) is 29.7 Å². The van der Waals surface area contributed by atoms with Crippen LogP contribution in [0.5, 0.6) is 0 Å². The minimum Gasteiger partial charge on any atom is -0.326 e. The number of nitrogens with two attached hydrogens (primary N) is 1. The average molecular weight is 302 g/mol. The number of hydrogen-bond donors (Lipinski definition) is 1. The second-order valence-electron chi connectivity index (χ2n) is 5.15. The molecule has 1 unspecified atom stereocenters. The second kappa shape index (κ2) is 5.91. The molecule has 2 rings (SSSR count). The van der Waals surface area contributed by atoms with Gasteiger partial charge in [0, 0.05) is 24.5 Å². The number of nitrogens with zero attached hydrogens (tertiary/aromatic N) is 1. The van der Waals surface area contributed by atoms with Crippen LogP contribution in [0.1, 0.15) is 36.6 Å². The Hall–Kier alpha value is -0.430. The van der Waals surface area contributed by atoms with Gasteiger partial charge in [-0.15, -0.1) is 11.3 Å². The Morgan fingerprint density at radius 3 is 2.89 bits per heavy atom. The van der Waals surface area contributed by atoms with E-state index in [1.165, 1.54) is 11.3 Å². The van der Waals surface area contributed by atoms with E-state index in [-0.39, 0.29) is 6.54 Å². The van der Waals surface area contributed by atoms with Crippen molar-refractivity contribution in [1.82, 2.24) is 4.31 Å². The zero-order valence-corrected chi connectivity index (χ0v) is 13.2. The highest BCUT2D eigenvalue weighted by Gasteiger charge is 2.32. The predicted molar refractivity (Wildman–Crippen MR) is 78.7 cm³/mol. The maximum atomic E-state index is 12.8. The molecule has 1 saturated heterocycles. The first kappa shape index (κ1) is 15.0. The largest absolute Gasteiger partial charge is 0.326 e. The molecule has 1 fully saturated rings. The zero-order chi connectivity index (χ0) is 14.0. The van der Waals surface area contributed by atoms with Crippen molar-refractivity contribution in [2.75, 3.05) is 13.1 Å². The van der Waals surface area contributed by atoms with Crippen LogP contribution in [0.2, 0.25) is 0 Å². The summed E-state index contributed by atoms with van der Waals surface area (Å²) in [5, 5.41) is 1.89. The van der Waals surface area contributed by atoms with Crippen molar-refractivity contribution in [1.29, 1.82) is 0 Å². The smallest absolute Gasteiger partial charge is 0.244 e. The molecule has 2 N–H and O–H groups in total. The van der Waals surface area contributed by atoms with E-state index in [0.29, 0.717) is 23.9 Å². The van der Waals surface area contributed by atoms with Gasteiger partial charge in [0.05, 0.1) is 0 Å². The topological polar surface area (TPSA) is 63.4 Å². The van der Waals surface area contributed by atoms with Crippen molar-refractivity contribution in [3.63, 3.8) is 0 Å². The molecular weight excluding hydrogens is 280 g/mol. The molecule has 1 aliphatic heterocycles. The Bertz CT molecular complexity index is 537. The van der Waals surface area contributed by atoms with Crippen molar-refractivity contribution in [3.8, 4) is 0 Å². The van der Waals surface area contributed by atoms with E-state index in [2.05, 4.69) is 6.92 Å². The van der Waals surface area contributed by atoms with Gasteiger partial charge in [-0.3, -0.25) is 0 Å². The molecule has 0 saturated carbocycles. The van der Waals surface area contributed by atoms with Crippen LogP contribution >= 0.6 is 11.3 Å². The highest BCUT2D eigenvalue weighted by molar-refractivity contribution is 7.89. The van der Waals surface area contributed by atoms with Crippen LogP contribution in [0.25, 0.3) is 0 Å². The maximum Gasteiger partial charge on any atom is 0.244 e. The average Bonchev–Trinajstić information content (AvgIpc) is 2.80. The van der Waals surface area contributed by atoms with E-state index < -0.39 is 10.0 Å². The molecule has 1 aromatic heterocycles. The molecule has 0 radical (unpaired) electrons. The third-order valence-electron chi connectivity index (χ3n) is 3.83. The molecule has 1 aromatic rings. The third-order valence-corrected chi connectivity index (χ3v) is 7.18. The summed E-state index contributed by atoms with van der Waals surface area (Å²) in [6, 6.07) is 0. The van der Waals surface area contributed by atoms with Crippen LogP contribution in [0.15, 0.2) is 10.3 Å². The standard InChI is InChI=1S/C13H22N2O2S2/c1-3-11-5-4-6-15(8-11)19(16,17)13-10(2)9-18-12(13)7-14/h9,11H,3-8,14H2,1-2H3. The summed E-state index contributed by atoms with van der Waals surface area (Å²) < 4.78 is 27.2. The highest BCUT2D eigenvalue weighted by Crippen LogP contribution is 2.32. The summed E-state index contributed by atoms with van der Waals surface area (Å²) >= 11 is 1.44. The number of rotatable bonds is 4. The number of sulfonamides is 1. The van der Waals surface area contributed by atoms with E-state index in [4.69, 9.17) is 5.73 Å². The molecule has 1 atom stereocenters. The van der Waals surface area contributed by atoms with Gasteiger partial charge in [-0.2, -0.15) is 4.31 Å². The second-order valence-corrected chi connectivity index (χ2v) is 7.99. The van der Waals surface area contributed by atoms with Crippen LogP contribution in [0.3, 0.4) is 0 Å². The van der Waals surface area contributed by atoms with Crippen molar-refractivity contribution in [3.05, 3.63) is 15.8 Å². The van der Waals surface area contributed by atoms with Gasteiger partial charge in [-0.1, -0.05) is 13.3 Å². The normalized spacial score (nSPS) is 21.7. The van der Waals surface area contributed by atoms with Gasteiger partial charge in [0.2, 0.25) is 10.0 Å². The lowest BCUT2D eigenvalue weighted by Crippen LogP contribution is -2.40. The fourth-order valence-corrected chi connectivity index (χ4v) is 5.89. The van der Waals surface area contributed by atoms with Gasteiger partial charge < -0.3 is 5.73 Å². The molecule has 0 amide bonds. The first-order valence-electron chi connectivity index (χ1n) is 6.77. The van der Waals surface area contributed by atoms with E-state index in [9.17, 15) is 8.42 Å². The summed E-state index contributed by atoms with van der Waals surface area (Å²) in [6.07, 6.45) is 3.13. The quantitative estimate of drug-likeness (QED) is 0.928. The molecule has 6 heteroatoms. The Morgan fingerprint density at radius 1 is 1.53 bits per heavy atom. The number of piperidine rings is 1. The molecule has 19 heavy (non-hydrogen) atoms. The Labute approximate surface area is 119 Å². The first-order chi connectivity index (χ1) is 9.00. The van der Waals surface area contributed by atoms with Crippen LogP contribution in [-0.2, 0) is 16.6 Å². The Morgan fingerprint density at radius 2 is 2.26 bits per heavy atom. The van der Waals surface area contributed by atoms with E-state index in [1.807, 2.05) is 12.3 Å². The van der Waals surface area contributed by atoms with Crippen LogP contribution in [0, 0.1) is 12.8 Å². The molecule has 0 spiro atoms. The number of thiophene rings is 1. The Kier molecular flexibility index (Phi) is 4.66. The minimum atomic E-state index is -3.37. The maximum absolute atomic E-state index is 12.8. The van der Waals surface area contributed by atoms with E-state index >= 15 is 0 Å². The van der Waals surface area contributed by atoms with Crippen LogP contribution in [-0.4, -0.2) is 25.8 Å². The highest BCUT2D eigenvalue weighted by atomic mass is 32.2. The molecule has 0 aliphatic carbocycles. The van der Waals surface area contributed by atoms with Crippen molar-refractivity contribution in [2.45, 2.75) is 44.6 Å². The summed E-state index contributed by atoms with van der Waals surface area (Å²) in [5.41, 5.74) is 6.49. The minimum absolute atomic E-state index is 0.290. The van der Waals surface area contributed by atoms with Crippen LogP contribution in [0.4, 0.5) is 0 Å². The molecule has 2 heterocycles. The predicted octanol–water partition coefficient (Wildman–Crippen LogP) is 2.33. The van der Waals surface area contributed by atoms with Gasteiger partial charge in [0.1, 0.15) is 4.90 Å². The van der Waals surface area contributed by atoms with Crippen molar-refractivity contribution < 1.29 is 8.42 Å². The molecular formula is C13H22N2O2S2. The lowest BCUT2D eigenvalue weighted by molar-refractivity contribution is 0.261. The summed E-state index contributed by atoms with van der Waals surface area (Å²) in [6.45, 7) is 5.56. The molecule has 4 nitrogen and oxygen atoms in total. The van der Waals surface area contributed by atoms with Crippen molar-refractivity contribution in [2.24, 2.45) is 11.7 Å². The summed E-state index contributed by atoms with van der Waals surface area (Å²) in [5.74, 6) is 0.490. The molecule has 1 aliphatic rings. The SMILES string of the molecule is CCC1CCCN(S(=O)(=O)c2c(C)csc2CN)C1. The zero-order valence-electron chi connectivity index (χ0n) is 11.6. The monoisotopic (exact) mass is 302 g/mol.